The first-order valence-electron chi connectivity index (χ1n) is 11.1. The van der Waals surface area contributed by atoms with E-state index in [2.05, 4.69) is 14.7 Å². The molecule has 5 aromatic rings. The third-order valence-electron chi connectivity index (χ3n) is 5.78. The third kappa shape index (κ3) is 5.79. The average molecular weight is 540 g/mol. The van der Waals surface area contributed by atoms with E-state index in [9.17, 15) is 13.2 Å². The summed E-state index contributed by atoms with van der Waals surface area (Å²) >= 11 is 6.63. The number of imidazole rings is 1. The predicted octanol–water partition coefficient (Wildman–Crippen LogP) is 4.85. The number of benzene rings is 3. The summed E-state index contributed by atoms with van der Waals surface area (Å²) in [5.74, 6) is -0.133. The van der Waals surface area contributed by atoms with E-state index < -0.39 is 15.9 Å². The second-order valence-electron chi connectivity index (χ2n) is 8.20. The summed E-state index contributed by atoms with van der Waals surface area (Å²) in [6, 6.07) is 26.6. The van der Waals surface area contributed by atoms with Crippen LogP contribution in [0.1, 0.15) is 21.9 Å². The molecule has 2 heterocycles. The van der Waals surface area contributed by atoms with Gasteiger partial charge in [0.25, 0.3) is 15.9 Å². The standard InChI is InChI=1S/C27H21ClN4O3S.Na/c1-18-29-24-14-15-25(27(33)31-36(34,35)22-10-6-3-7-11-22)30-26(24)32(18)17-21-13-12-20(16-23(21)28)19-8-4-2-5-9-19;/h2-16H,17H2,1H3,(H,31,33);. The zero-order valence-electron chi connectivity index (χ0n) is 20.2. The van der Waals surface area contributed by atoms with Crippen molar-refractivity contribution >= 4 is 68.3 Å². The molecule has 1 amide bonds. The van der Waals surface area contributed by atoms with Crippen molar-refractivity contribution in [2.45, 2.75) is 18.4 Å². The van der Waals surface area contributed by atoms with Crippen molar-refractivity contribution in [3.05, 3.63) is 113 Å². The number of aromatic nitrogens is 3. The molecule has 0 unspecified atom stereocenters. The summed E-state index contributed by atoms with van der Waals surface area (Å²) in [5, 5.41) is 0.598. The fourth-order valence-corrected chi connectivity index (χ4v) is 5.14. The van der Waals surface area contributed by atoms with Crippen molar-refractivity contribution < 1.29 is 13.2 Å². The van der Waals surface area contributed by atoms with Crippen molar-refractivity contribution in [3.63, 3.8) is 0 Å². The maximum atomic E-state index is 12.8. The zero-order chi connectivity index (χ0) is 25.3. The first kappa shape index (κ1) is 27.0. The van der Waals surface area contributed by atoms with E-state index in [1.807, 2.05) is 60.0 Å². The molecule has 7 nitrogen and oxygen atoms in total. The molecule has 10 heteroatoms. The fraction of sp³-hybridized carbons (Fsp3) is 0.0741. The Morgan fingerprint density at radius 3 is 2.24 bits per heavy atom. The first-order chi connectivity index (χ1) is 17.3. The Morgan fingerprint density at radius 2 is 1.57 bits per heavy atom. The number of halogens is 1. The van der Waals surface area contributed by atoms with E-state index in [1.54, 1.807) is 24.3 Å². The fourth-order valence-electron chi connectivity index (χ4n) is 3.92. The van der Waals surface area contributed by atoms with Gasteiger partial charge in [-0.1, -0.05) is 72.3 Å². The molecule has 0 aliphatic carbocycles. The van der Waals surface area contributed by atoms with Crippen LogP contribution in [0.4, 0.5) is 0 Å². The van der Waals surface area contributed by atoms with Crippen LogP contribution in [0.15, 0.2) is 95.9 Å². The van der Waals surface area contributed by atoms with Gasteiger partial charge in [0.05, 0.1) is 11.4 Å². The summed E-state index contributed by atoms with van der Waals surface area (Å²) < 4.78 is 29.1. The predicted molar refractivity (Wildman–Crippen MR) is 145 cm³/mol. The SMILES string of the molecule is Cc1nc2ccc(C(=O)NS(=O)(=O)c3ccccc3)nc2n1Cc1ccc(-c2ccccc2)cc1Cl.[Na]. The Bertz CT molecular complexity index is 1690. The molecule has 0 bridgehead atoms. The van der Waals surface area contributed by atoms with Gasteiger partial charge in [-0.25, -0.2) is 23.1 Å². The first-order valence-corrected chi connectivity index (χ1v) is 13.0. The van der Waals surface area contributed by atoms with E-state index >= 15 is 0 Å². The number of rotatable bonds is 6. The van der Waals surface area contributed by atoms with E-state index in [-0.39, 0.29) is 40.1 Å². The van der Waals surface area contributed by atoms with Crippen molar-refractivity contribution in [2.24, 2.45) is 0 Å². The Kier molecular flexibility index (Phi) is 8.16. The normalized spacial score (nSPS) is 11.2. The number of nitrogens with one attached hydrogen (secondary N) is 1. The second-order valence-corrected chi connectivity index (χ2v) is 10.3. The molecule has 0 aliphatic heterocycles. The van der Waals surface area contributed by atoms with Gasteiger partial charge in [0.15, 0.2) is 5.65 Å². The molecule has 0 saturated heterocycles. The number of amides is 1. The van der Waals surface area contributed by atoms with Crippen molar-refractivity contribution in [2.75, 3.05) is 0 Å². The molecule has 0 spiro atoms. The number of carbonyl (C=O) groups is 1. The van der Waals surface area contributed by atoms with Gasteiger partial charge < -0.3 is 4.57 Å². The van der Waals surface area contributed by atoms with Gasteiger partial charge in [-0.2, -0.15) is 0 Å². The van der Waals surface area contributed by atoms with Crippen LogP contribution in [0, 0.1) is 6.92 Å². The smallest absolute Gasteiger partial charge is 0.283 e. The topological polar surface area (TPSA) is 93.9 Å². The van der Waals surface area contributed by atoms with Crippen LogP contribution in [-0.2, 0) is 16.6 Å². The molecule has 1 radical (unpaired) electrons. The van der Waals surface area contributed by atoms with Gasteiger partial charge in [0.2, 0.25) is 0 Å². The minimum atomic E-state index is -4.03. The summed E-state index contributed by atoms with van der Waals surface area (Å²) in [4.78, 5) is 21.8. The van der Waals surface area contributed by atoms with E-state index in [4.69, 9.17) is 11.6 Å². The molecule has 0 aliphatic rings. The van der Waals surface area contributed by atoms with E-state index in [0.717, 1.165) is 16.7 Å². The Morgan fingerprint density at radius 1 is 0.892 bits per heavy atom. The van der Waals surface area contributed by atoms with Crippen LogP contribution in [0.25, 0.3) is 22.3 Å². The van der Waals surface area contributed by atoms with Crippen molar-refractivity contribution in [3.8, 4) is 11.1 Å². The van der Waals surface area contributed by atoms with E-state index in [0.29, 0.717) is 28.6 Å². The molecule has 5 rings (SSSR count). The van der Waals surface area contributed by atoms with Crippen LogP contribution in [0.3, 0.4) is 0 Å². The summed E-state index contributed by atoms with van der Waals surface area (Å²) in [6.07, 6.45) is 0. The molecule has 3 aromatic carbocycles. The van der Waals surface area contributed by atoms with Crippen LogP contribution in [-0.4, -0.2) is 58.4 Å². The monoisotopic (exact) mass is 539 g/mol. The molecular weight excluding hydrogens is 519 g/mol. The molecule has 0 saturated carbocycles. The van der Waals surface area contributed by atoms with Gasteiger partial charge >= 0.3 is 0 Å². The number of sulfonamides is 1. The van der Waals surface area contributed by atoms with Crippen LogP contribution in [0.2, 0.25) is 5.02 Å². The maximum Gasteiger partial charge on any atom is 0.283 e. The number of fused-ring (bicyclic) bond motifs is 1. The second kappa shape index (κ2) is 11.2. The number of nitrogens with zero attached hydrogens (tertiary/aromatic N) is 3. The number of pyridine rings is 1. The third-order valence-corrected chi connectivity index (χ3v) is 7.48. The van der Waals surface area contributed by atoms with Crippen LogP contribution >= 0.6 is 11.6 Å². The Hall–Kier alpha value is -3.01. The minimum Gasteiger partial charge on any atom is -0.308 e. The summed E-state index contributed by atoms with van der Waals surface area (Å²) in [7, 11) is -4.03. The molecule has 2 aromatic heterocycles. The molecule has 1 N–H and O–H groups in total. The number of hydrogen-bond acceptors (Lipinski definition) is 5. The van der Waals surface area contributed by atoms with Crippen LogP contribution < -0.4 is 4.72 Å². The summed E-state index contributed by atoms with van der Waals surface area (Å²) in [5.41, 5.74) is 3.95. The molecule has 0 atom stereocenters. The largest absolute Gasteiger partial charge is 0.308 e. The molecule has 181 valence electrons. The van der Waals surface area contributed by atoms with Gasteiger partial charge in [-0.3, -0.25) is 4.79 Å². The van der Waals surface area contributed by atoms with Crippen LogP contribution in [0.5, 0.6) is 0 Å². The zero-order valence-corrected chi connectivity index (χ0v) is 23.8. The van der Waals surface area contributed by atoms with Crippen molar-refractivity contribution in [1.82, 2.24) is 19.3 Å². The quantitative estimate of drug-likeness (QED) is 0.311. The average Bonchev–Trinajstić information content (AvgIpc) is 3.20. The van der Waals surface area contributed by atoms with E-state index in [1.165, 1.54) is 18.2 Å². The molecule has 0 fully saturated rings. The number of carbonyl (C=O) groups excluding carboxylic acids is 1. The van der Waals surface area contributed by atoms with Gasteiger partial charge in [0.1, 0.15) is 17.0 Å². The van der Waals surface area contributed by atoms with Crippen molar-refractivity contribution in [1.29, 1.82) is 0 Å². The van der Waals surface area contributed by atoms with Gasteiger partial charge in [-0.05, 0) is 53.9 Å². The molecule has 37 heavy (non-hydrogen) atoms. The minimum absolute atomic E-state index is 0. The van der Waals surface area contributed by atoms with Gasteiger partial charge in [-0.15, -0.1) is 0 Å². The summed E-state index contributed by atoms with van der Waals surface area (Å²) in [6.45, 7) is 2.23. The number of aryl methyl sites for hydroxylation is 1. The maximum absolute atomic E-state index is 12.8. The molecular formula is C27H21ClN4NaO3S. The number of hydrogen-bond donors (Lipinski definition) is 1. The Labute approximate surface area is 241 Å². The Balaban J connectivity index is 0.00000320. The van der Waals surface area contributed by atoms with Gasteiger partial charge in [0, 0.05) is 34.6 Å².